The van der Waals surface area contributed by atoms with Gasteiger partial charge in [-0.3, -0.25) is 4.79 Å². The topological polar surface area (TPSA) is 106 Å². The Balaban J connectivity index is 1.51. The number of carbonyl (C=O) groups excluding carboxylic acids is 1. The molecule has 0 aliphatic carbocycles. The largest absolute Gasteiger partial charge is 0.505 e. The summed E-state index contributed by atoms with van der Waals surface area (Å²) < 4.78 is 45.0. The molecule has 2 atom stereocenters. The van der Waals surface area contributed by atoms with Crippen LogP contribution in [0.1, 0.15) is 25.7 Å². The van der Waals surface area contributed by atoms with Gasteiger partial charge < -0.3 is 24.2 Å². The van der Waals surface area contributed by atoms with Gasteiger partial charge in [0, 0.05) is 18.7 Å². The lowest BCUT2D eigenvalue weighted by molar-refractivity contribution is -0.135. The maximum Gasteiger partial charge on any atom is 0.244 e. The van der Waals surface area contributed by atoms with E-state index in [4.69, 9.17) is 37.4 Å². The molecule has 2 saturated heterocycles. The van der Waals surface area contributed by atoms with E-state index in [-0.39, 0.29) is 39.2 Å². The zero-order chi connectivity index (χ0) is 26.0. The lowest BCUT2D eigenvalue weighted by atomic mass is 9.97. The second-order valence-electron chi connectivity index (χ2n) is 8.65. The van der Waals surface area contributed by atoms with E-state index < -0.39 is 16.1 Å². The van der Waals surface area contributed by atoms with Gasteiger partial charge in [0.1, 0.15) is 18.4 Å². The van der Waals surface area contributed by atoms with Crippen molar-refractivity contribution in [3.63, 3.8) is 0 Å². The van der Waals surface area contributed by atoms with Gasteiger partial charge in [0.05, 0.1) is 35.7 Å². The maximum atomic E-state index is 13.6. The van der Waals surface area contributed by atoms with Crippen LogP contribution in [-0.4, -0.2) is 74.6 Å². The third-order valence-electron chi connectivity index (χ3n) is 6.56. The van der Waals surface area contributed by atoms with Gasteiger partial charge in [-0.25, -0.2) is 8.42 Å². The van der Waals surface area contributed by atoms with Crippen LogP contribution in [0.5, 0.6) is 23.0 Å². The molecule has 1 N–H and O–H groups in total. The zero-order valence-corrected chi connectivity index (χ0v) is 22.3. The number of phenols is 1. The Morgan fingerprint density at radius 1 is 1.03 bits per heavy atom. The van der Waals surface area contributed by atoms with Crippen molar-refractivity contribution in [2.24, 2.45) is 0 Å². The van der Waals surface area contributed by atoms with Crippen LogP contribution in [-0.2, 0) is 14.8 Å². The number of benzene rings is 2. The Morgan fingerprint density at radius 2 is 1.72 bits per heavy atom. The molecule has 2 aromatic carbocycles. The molecule has 2 fully saturated rings. The van der Waals surface area contributed by atoms with Crippen LogP contribution >= 0.6 is 23.2 Å². The average Bonchev–Trinajstić information content (AvgIpc) is 2.95. The maximum absolute atomic E-state index is 13.6. The fourth-order valence-electron chi connectivity index (χ4n) is 4.76. The molecule has 2 unspecified atom stereocenters. The standard InChI is InChI=1S/C24H28Cl2N2O7S/c1-33-21-7-6-16(12-22(21)34-2)35-11-10-27-9-8-15-4-3-5-20(24(27)30)28(15)36(31,32)17-13-18(25)23(29)19(26)14-17/h6-7,12-15,20,29H,3-5,8-11H2,1-2H3. The predicted molar refractivity (Wildman–Crippen MR) is 135 cm³/mol. The molecule has 2 aliphatic rings. The summed E-state index contributed by atoms with van der Waals surface area (Å²) in [4.78, 5) is 15.0. The number of hydrogen-bond acceptors (Lipinski definition) is 7. The van der Waals surface area contributed by atoms with Crippen LogP contribution in [0.15, 0.2) is 35.2 Å². The Labute approximate surface area is 220 Å². The summed E-state index contributed by atoms with van der Waals surface area (Å²) in [5.41, 5.74) is 0. The SMILES string of the molecule is COc1ccc(OCCN2CCC3CCCC(C2=O)N3S(=O)(=O)c2cc(Cl)c(O)c(Cl)c2)cc1OC. The van der Waals surface area contributed by atoms with Gasteiger partial charge in [-0.15, -0.1) is 0 Å². The number of phenolic OH excluding ortho intramolecular Hbond substituents is 1. The lowest BCUT2D eigenvalue weighted by Crippen LogP contribution is -2.53. The minimum Gasteiger partial charge on any atom is -0.505 e. The van der Waals surface area contributed by atoms with Crippen molar-refractivity contribution in [1.29, 1.82) is 0 Å². The van der Waals surface area contributed by atoms with Crippen LogP contribution in [0.2, 0.25) is 10.0 Å². The number of nitrogens with zero attached hydrogens (tertiary/aromatic N) is 2. The number of sulfonamides is 1. The van der Waals surface area contributed by atoms with E-state index in [2.05, 4.69) is 0 Å². The fourth-order valence-corrected chi connectivity index (χ4v) is 7.29. The van der Waals surface area contributed by atoms with E-state index in [1.807, 2.05) is 0 Å². The Kier molecular flexibility index (Phi) is 8.09. The molecular formula is C24H28Cl2N2O7S. The first-order valence-corrected chi connectivity index (χ1v) is 13.7. The van der Waals surface area contributed by atoms with Gasteiger partial charge in [0.15, 0.2) is 17.2 Å². The Hall–Kier alpha value is -2.40. The van der Waals surface area contributed by atoms with Gasteiger partial charge in [-0.05, 0) is 49.9 Å². The number of piperidine rings is 1. The van der Waals surface area contributed by atoms with E-state index in [0.29, 0.717) is 49.6 Å². The smallest absolute Gasteiger partial charge is 0.244 e. The second kappa shape index (κ2) is 10.9. The number of hydrogen-bond donors (Lipinski definition) is 1. The molecule has 9 nitrogen and oxygen atoms in total. The first-order chi connectivity index (χ1) is 17.2. The molecule has 2 bridgehead atoms. The highest BCUT2D eigenvalue weighted by atomic mass is 35.5. The molecule has 2 aromatic rings. The molecular weight excluding hydrogens is 531 g/mol. The van der Waals surface area contributed by atoms with E-state index in [1.165, 1.54) is 11.4 Å². The summed E-state index contributed by atoms with van der Waals surface area (Å²) in [7, 11) is -1.01. The van der Waals surface area contributed by atoms with E-state index >= 15 is 0 Å². The molecule has 0 aromatic heterocycles. The van der Waals surface area contributed by atoms with Gasteiger partial charge in [0.25, 0.3) is 0 Å². The molecule has 12 heteroatoms. The van der Waals surface area contributed by atoms with Crippen molar-refractivity contribution >= 4 is 39.1 Å². The lowest BCUT2D eigenvalue weighted by Gasteiger charge is -2.38. The number of aromatic hydroxyl groups is 1. The number of ether oxygens (including phenoxy) is 3. The number of halogens is 2. The highest BCUT2D eigenvalue weighted by Gasteiger charge is 2.46. The van der Waals surface area contributed by atoms with Gasteiger partial charge in [0.2, 0.25) is 15.9 Å². The van der Waals surface area contributed by atoms with Crippen molar-refractivity contribution < 1.29 is 32.5 Å². The van der Waals surface area contributed by atoms with Crippen molar-refractivity contribution in [1.82, 2.24) is 9.21 Å². The zero-order valence-electron chi connectivity index (χ0n) is 19.9. The Bertz CT molecular complexity index is 1220. The molecule has 2 heterocycles. The number of amides is 1. The van der Waals surface area contributed by atoms with E-state index in [0.717, 1.165) is 18.6 Å². The minimum atomic E-state index is -4.09. The summed E-state index contributed by atoms with van der Waals surface area (Å²) in [6.07, 6.45) is 2.32. The molecule has 0 saturated carbocycles. The molecule has 1 amide bonds. The molecule has 0 radical (unpaired) electrons. The van der Waals surface area contributed by atoms with Crippen LogP contribution in [0, 0.1) is 0 Å². The minimum absolute atomic E-state index is 0.148. The van der Waals surface area contributed by atoms with Gasteiger partial charge in [-0.1, -0.05) is 23.2 Å². The first-order valence-electron chi connectivity index (χ1n) is 11.5. The summed E-state index contributed by atoms with van der Waals surface area (Å²) in [6, 6.07) is 6.36. The fraction of sp³-hybridized carbons (Fsp3) is 0.458. The Morgan fingerprint density at radius 3 is 2.39 bits per heavy atom. The highest BCUT2D eigenvalue weighted by Crippen LogP contribution is 2.39. The summed E-state index contributed by atoms with van der Waals surface area (Å²) in [5.74, 6) is 1.04. The summed E-state index contributed by atoms with van der Waals surface area (Å²) >= 11 is 12.0. The number of fused-ring (bicyclic) bond motifs is 2. The normalized spacial score (nSPS) is 20.7. The van der Waals surface area contributed by atoms with Crippen LogP contribution in [0.3, 0.4) is 0 Å². The molecule has 4 rings (SSSR count). The average molecular weight is 559 g/mol. The molecule has 2 aliphatic heterocycles. The molecule has 196 valence electrons. The third kappa shape index (κ3) is 5.18. The molecule has 0 spiro atoms. The summed E-state index contributed by atoms with van der Waals surface area (Å²) in [6.45, 7) is 0.952. The highest BCUT2D eigenvalue weighted by molar-refractivity contribution is 7.89. The van der Waals surface area contributed by atoms with Gasteiger partial charge >= 0.3 is 0 Å². The van der Waals surface area contributed by atoms with Crippen molar-refractivity contribution in [3.05, 3.63) is 40.4 Å². The van der Waals surface area contributed by atoms with Crippen molar-refractivity contribution in [3.8, 4) is 23.0 Å². The quantitative estimate of drug-likeness (QED) is 0.523. The predicted octanol–water partition coefficient (Wildman–Crippen LogP) is 3.94. The summed E-state index contributed by atoms with van der Waals surface area (Å²) in [5, 5.41) is 9.52. The van der Waals surface area contributed by atoms with Crippen LogP contribution < -0.4 is 14.2 Å². The van der Waals surface area contributed by atoms with E-state index in [9.17, 15) is 18.3 Å². The van der Waals surface area contributed by atoms with Crippen LogP contribution in [0.4, 0.5) is 0 Å². The second-order valence-corrected chi connectivity index (χ2v) is 11.3. The van der Waals surface area contributed by atoms with Crippen LogP contribution in [0.25, 0.3) is 0 Å². The van der Waals surface area contributed by atoms with Crippen molar-refractivity contribution in [2.75, 3.05) is 33.9 Å². The first kappa shape index (κ1) is 26.7. The number of carbonyl (C=O) groups is 1. The number of rotatable bonds is 8. The van der Waals surface area contributed by atoms with E-state index in [1.54, 1.807) is 30.2 Å². The van der Waals surface area contributed by atoms with Crippen molar-refractivity contribution in [2.45, 2.75) is 42.7 Å². The monoisotopic (exact) mass is 558 g/mol. The third-order valence-corrected chi connectivity index (χ3v) is 9.08. The number of methoxy groups -OCH3 is 2. The van der Waals surface area contributed by atoms with Gasteiger partial charge in [-0.2, -0.15) is 4.31 Å². The molecule has 36 heavy (non-hydrogen) atoms.